The number of benzene rings is 2. The smallest absolute Gasteiger partial charge is 0.260 e. The summed E-state index contributed by atoms with van der Waals surface area (Å²) in [6, 6.07) is 18.7. The van der Waals surface area contributed by atoms with Crippen LogP contribution in [0.3, 0.4) is 0 Å². The van der Waals surface area contributed by atoms with Gasteiger partial charge in [-0.05, 0) is 53.1 Å². The minimum atomic E-state index is -0.457. The quantitative estimate of drug-likeness (QED) is 0.493. The van der Waals surface area contributed by atoms with Gasteiger partial charge in [-0.1, -0.05) is 30.4 Å². The second-order valence-corrected chi connectivity index (χ2v) is 6.94. The van der Waals surface area contributed by atoms with Crippen molar-refractivity contribution in [2.45, 2.75) is 6.42 Å². The van der Waals surface area contributed by atoms with E-state index in [1.807, 2.05) is 60.7 Å². The molecule has 0 saturated carbocycles. The molecule has 150 valence electrons. The second kappa shape index (κ2) is 8.89. The molecule has 2 amide bonds. The number of amides is 2. The van der Waals surface area contributed by atoms with Gasteiger partial charge in [-0.15, -0.1) is 0 Å². The molecule has 0 saturated heterocycles. The number of hydrogen-bond donors (Lipinski definition) is 2. The SMILES string of the molecule is N#CCc1ccc(NC=C2C(=O)NC(=O)c3ccc(C=Cc4ccncc4)cc32)cc1. The number of nitrogens with one attached hydrogen (secondary N) is 2. The topological polar surface area (TPSA) is 94.9 Å². The van der Waals surface area contributed by atoms with E-state index in [-0.39, 0.29) is 0 Å². The van der Waals surface area contributed by atoms with Gasteiger partial charge in [-0.3, -0.25) is 19.9 Å². The number of aromatic nitrogens is 1. The average molecular weight is 406 g/mol. The van der Waals surface area contributed by atoms with Crippen LogP contribution in [0.4, 0.5) is 5.69 Å². The lowest BCUT2D eigenvalue weighted by Crippen LogP contribution is -2.36. The van der Waals surface area contributed by atoms with Crippen LogP contribution in [0.5, 0.6) is 0 Å². The number of carbonyl (C=O) groups is 2. The predicted molar refractivity (Wildman–Crippen MR) is 119 cm³/mol. The maximum Gasteiger partial charge on any atom is 0.260 e. The summed E-state index contributed by atoms with van der Waals surface area (Å²) in [6.45, 7) is 0. The number of hydrogen-bond acceptors (Lipinski definition) is 5. The van der Waals surface area contributed by atoms with Gasteiger partial charge in [0, 0.05) is 35.4 Å². The number of fused-ring (bicyclic) bond motifs is 1. The van der Waals surface area contributed by atoms with Crippen molar-refractivity contribution in [1.82, 2.24) is 10.3 Å². The highest BCUT2D eigenvalue weighted by molar-refractivity contribution is 6.31. The van der Waals surface area contributed by atoms with Crippen LogP contribution in [0.25, 0.3) is 17.7 Å². The third-order valence-corrected chi connectivity index (χ3v) is 4.84. The normalized spacial score (nSPS) is 14.2. The van der Waals surface area contributed by atoms with E-state index in [1.165, 1.54) is 0 Å². The Morgan fingerprint density at radius 3 is 2.39 bits per heavy atom. The Kier molecular flexibility index (Phi) is 5.68. The molecule has 0 fully saturated rings. The number of nitriles is 1. The lowest BCUT2D eigenvalue weighted by molar-refractivity contribution is -0.114. The van der Waals surface area contributed by atoms with Crippen LogP contribution in [0.1, 0.15) is 32.6 Å². The molecule has 31 heavy (non-hydrogen) atoms. The molecule has 2 heterocycles. The number of rotatable bonds is 5. The van der Waals surface area contributed by atoms with Crippen molar-refractivity contribution in [3.05, 3.63) is 101 Å². The van der Waals surface area contributed by atoms with Gasteiger partial charge in [-0.25, -0.2) is 0 Å². The predicted octanol–water partition coefficient (Wildman–Crippen LogP) is 4.04. The van der Waals surface area contributed by atoms with Crippen LogP contribution < -0.4 is 10.6 Å². The van der Waals surface area contributed by atoms with E-state index in [9.17, 15) is 9.59 Å². The standard InChI is InChI=1S/C25H18N4O2/c26-12-9-17-3-6-20(7-4-17)28-16-23-22-15-19(2-1-18-10-13-27-14-11-18)5-8-21(22)24(30)29-25(23)31/h1-8,10-11,13-16,28H,9H2,(H,29,30,31). The van der Waals surface area contributed by atoms with Crippen LogP contribution in [0, 0.1) is 11.3 Å². The highest BCUT2D eigenvalue weighted by atomic mass is 16.2. The summed E-state index contributed by atoms with van der Waals surface area (Å²) in [7, 11) is 0. The second-order valence-electron chi connectivity index (χ2n) is 6.94. The first kappa shape index (κ1) is 19.8. The molecule has 0 radical (unpaired) electrons. The van der Waals surface area contributed by atoms with Crippen molar-refractivity contribution in [2.75, 3.05) is 5.32 Å². The molecule has 0 spiro atoms. The summed E-state index contributed by atoms with van der Waals surface area (Å²) in [5.41, 5.74) is 4.93. The largest absolute Gasteiger partial charge is 0.361 e. The Morgan fingerprint density at radius 2 is 1.65 bits per heavy atom. The van der Waals surface area contributed by atoms with Gasteiger partial charge in [0.2, 0.25) is 0 Å². The number of carbonyl (C=O) groups excluding carboxylic acids is 2. The highest BCUT2D eigenvalue weighted by Crippen LogP contribution is 2.26. The molecule has 0 bridgehead atoms. The van der Waals surface area contributed by atoms with E-state index in [0.717, 1.165) is 22.4 Å². The van der Waals surface area contributed by atoms with E-state index >= 15 is 0 Å². The van der Waals surface area contributed by atoms with E-state index in [4.69, 9.17) is 5.26 Å². The highest BCUT2D eigenvalue weighted by Gasteiger charge is 2.27. The van der Waals surface area contributed by atoms with Gasteiger partial charge in [0.05, 0.1) is 18.1 Å². The van der Waals surface area contributed by atoms with Crippen molar-refractivity contribution in [3.8, 4) is 6.07 Å². The third-order valence-electron chi connectivity index (χ3n) is 4.84. The Balaban J connectivity index is 1.63. The molecule has 6 nitrogen and oxygen atoms in total. The maximum absolute atomic E-state index is 12.5. The van der Waals surface area contributed by atoms with Crippen LogP contribution in [0.15, 0.2) is 73.2 Å². The number of nitrogens with zero attached hydrogens (tertiary/aromatic N) is 2. The molecule has 1 aliphatic heterocycles. The zero-order valence-electron chi connectivity index (χ0n) is 16.5. The van der Waals surface area contributed by atoms with Crippen molar-refractivity contribution < 1.29 is 9.59 Å². The lowest BCUT2D eigenvalue weighted by Gasteiger charge is -2.19. The molecule has 0 unspecified atom stereocenters. The molecule has 1 aliphatic rings. The molecule has 2 aromatic carbocycles. The van der Waals surface area contributed by atoms with Crippen molar-refractivity contribution in [1.29, 1.82) is 5.26 Å². The first-order valence-electron chi connectivity index (χ1n) is 9.65. The van der Waals surface area contributed by atoms with E-state index in [1.54, 1.807) is 24.7 Å². The van der Waals surface area contributed by atoms with Crippen molar-refractivity contribution >= 4 is 35.2 Å². The van der Waals surface area contributed by atoms with Crippen LogP contribution in [-0.4, -0.2) is 16.8 Å². The van der Waals surface area contributed by atoms with Gasteiger partial charge in [-0.2, -0.15) is 5.26 Å². The van der Waals surface area contributed by atoms with Crippen molar-refractivity contribution in [3.63, 3.8) is 0 Å². The summed E-state index contributed by atoms with van der Waals surface area (Å²) >= 11 is 0. The Hall–Kier alpha value is -4.50. The summed E-state index contributed by atoms with van der Waals surface area (Å²) in [5, 5.41) is 14.3. The van der Waals surface area contributed by atoms with Crippen LogP contribution in [0.2, 0.25) is 0 Å². The summed E-state index contributed by atoms with van der Waals surface area (Å²) in [6.07, 6.45) is 9.24. The summed E-state index contributed by atoms with van der Waals surface area (Å²) in [5.74, 6) is -0.871. The minimum Gasteiger partial charge on any atom is -0.361 e. The number of imide groups is 1. The number of pyridine rings is 1. The molecular weight excluding hydrogens is 388 g/mol. The zero-order chi connectivity index (χ0) is 21.6. The number of anilines is 1. The molecular formula is C25H18N4O2. The fourth-order valence-electron chi connectivity index (χ4n) is 3.22. The first-order chi connectivity index (χ1) is 15.1. The fourth-order valence-corrected chi connectivity index (χ4v) is 3.22. The molecule has 2 N–H and O–H groups in total. The molecule has 3 aromatic rings. The van der Waals surface area contributed by atoms with Gasteiger partial charge >= 0.3 is 0 Å². The summed E-state index contributed by atoms with van der Waals surface area (Å²) in [4.78, 5) is 28.8. The first-order valence-corrected chi connectivity index (χ1v) is 9.65. The van der Waals surface area contributed by atoms with E-state index in [2.05, 4.69) is 21.7 Å². The van der Waals surface area contributed by atoms with Gasteiger partial charge in [0.15, 0.2) is 0 Å². The summed E-state index contributed by atoms with van der Waals surface area (Å²) < 4.78 is 0. The third kappa shape index (κ3) is 4.57. The molecule has 6 heteroatoms. The van der Waals surface area contributed by atoms with E-state index < -0.39 is 11.8 Å². The zero-order valence-corrected chi connectivity index (χ0v) is 16.5. The van der Waals surface area contributed by atoms with Gasteiger partial charge in [0.25, 0.3) is 11.8 Å². The molecule has 1 aromatic heterocycles. The Bertz CT molecular complexity index is 1240. The monoisotopic (exact) mass is 406 g/mol. The molecule has 0 atom stereocenters. The maximum atomic E-state index is 12.5. The van der Waals surface area contributed by atoms with Gasteiger partial charge in [0.1, 0.15) is 0 Å². The lowest BCUT2D eigenvalue weighted by atomic mass is 9.93. The van der Waals surface area contributed by atoms with Gasteiger partial charge < -0.3 is 5.32 Å². The van der Waals surface area contributed by atoms with E-state index in [0.29, 0.717) is 23.1 Å². The van der Waals surface area contributed by atoms with Crippen LogP contribution >= 0.6 is 0 Å². The van der Waals surface area contributed by atoms with Crippen LogP contribution in [-0.2, 0) is 11.2 Å². The van der Waals surface area contributed by atoms with Crippen molar-refractivity contribution in [2.24, 2.45) is 0 Å². The molecule has 4 rings (SSSR count). The Labute approximate surface area is 179 Å². The minimum absolute atomic E-state index is 0.342. The molecule has 0 aliphatic carbocycles. The Morgan fingerprint density at radius 1 is 0.903 bits per heavy atom. The average Bonchev–Trinajstić information content (AvgIpc) is 2.79. The fraction of sp³-hybridized carbons (Fsp3) is 0.0400.